The highest BCUT2D eigenvalue weighted by Crippen LogP contribution is 2.29. The zero-order valence-electron chi connectivity index (χ0n) is 9.90. The number of amides is 2. The highest BCUT2D eigenvalue weighted by Gasteiger charge is 2.26. The van der Waals surface area contributed by atoms with Crippen LogP contribution >= 0.6 is 0 Å². The van der Waals surface area contributed by atoms with E-state index in [4.69, 9.17) is 5.11 Å². The van der Waals surface area contributed by atoms with Gasteiger partial charge in [-0.25, -0.2) is 9.59 Å². The van der Waals surface area contributed by atoms with Crippen LogP contribution in [0.1, 0.15) is 32.6 Å². The van der Waals surface area contributed by atoms with Gasteiger partial charge in [0.2, 0.25) is 0 Å². The molecule has 0 spiro atoms. The normalized spacial score (nSPS) is 16.6. The molecule has 1 rings (SSSR count). The van der Waals surface area contributed by atoms with Crippen LogP contribution in [0.15, 0.2) is 0 Å². The van der Waals surface area contributed by atoms with Crippen molar-refractivity contribution in [2.24, 2.45) is 5.92 Å². The molecule has 0 radical (unpaired) electrons. The molecule has 0 aromatic rings. The Bertz CT molecular complexity index is 264. The number of carbonyl (C=O) groups is 2. The molecular weight excluding hydrogens is 208 g/mol. The summed E-state index contributed by atoms with van der Waals surface area (Å²) >= 11 is 0. The molecule has 5 heteroatoms. The SMILES string of the molecule is CCCC(NC(=O)N(C)CC1CC1)C(=O)O. The molecule has 92 valence electrons. The summed E-state index contributed by atoms with van der Waals surface area (Å²) in [5, 5.41) is 11.4. The van der Waals surface area contributed by atoms with Gasteiger partial charge in [0, 0.05) is 13.6 Å². The molecule has 1 atom stereocenters. The van der Waals surface area contributed by atoms with E-state index < -0.39 is 12.0 Å². The fourth-order valence-electron chi connectivity index (χ4n) is 1.58. The Balaban J connectivity index is 2.36. The van der Waals surface area contributed by atoms with Crippen molar-refractivity contribution >= 4 is 12.0 Å². The predicted octanol–water partition coefficient (Wildman–Crippen LogP) is 1.29. The zero-order chi connectivity index (χ0) is 12.1. The molecule has 2 amide bonds. The molecule has 0 heterocycles. The molecule has 1 aliphatic carbocycles. The Hall–Kier alpha value is -1.26. The molecule has 1 fully saturated rings. The van der Waals surface area contributed by atoms with Crippen molar-refractivity contribution in [3.63, 3.8) is 0 Å². The topological polar surface area (TPSA) is 69.6 Å². The van der Waals surface area contributed by atoms with Crippen LogP contribution in [-0.4, -0.2) is 41.6 Å². The second-order valence-corrected chi connectivity index (χ2v) is 4.45. The molecule has 2 N–H and O–H groups in total. The minimum atomic E-state index is -0.963. The average molecular weight is 228 g/mol. The van der Waals surface area contributed by atoms with E-state index in [0.29, 0.717) is 12.3 Å². The summed E-state index contributed by atoms with van der Waals surface area (Å²) in [6.45, 7) is 2.63. The van der Waals surface area contributed by atoms with E-state index in [9.17, 15) is 9.59 Å². The van der Waals surface area contributed by atoms with Gasteiger partial charge in [-0.15, -0.1) is 0 Å². The standard InChI is InChI=1S/C11H20N2O3/c1-3-4-9(10(14)15)12-11(16)13(2)7-8-5-6-8/h8-9H,3-7H2,1-2H3,(H,12,16)(H,14,15). The number of carboxylic acid groups (broad SMARTS) is 1. The van der Waals surface area contributed by atoms with Gasteiger partial charge in [-0.1, -0.05) is 13.3 Å². The van der Waals surface area contributed by atoms with E-state index in [1.165, 1.54) is 12.8 Å². The highest BCUT2D eigenvalue weighted by atomic mass is 16.4. The molecule has 16 heavy (non-hydrogen) atoms. The van der Waals surface area contributed by atoms with Gasteiger partial charge in [-0.3, -0.25) is 0 Å². The molecule has 0 bridgehead atoms. The third kappa shape index (κ3) is 4.08. The number of rotatable bonds is 6. The lowest BCUT2D eigenvalue weighted by Crippen LogP contribution is -2.47. The largest absolute Gasteiger partial charge is 0.480 e. The Kier molecular flexibility index (Phi) is 4.58. The van der Waals surface area contributed by atoms with Crippen molar-refractivity contribution in [2.75, 3.05) is 13.6 Å². The molecular formula is C11H20N2O3. The smallest absolute Gasteiger partial charge is 0.326 e. The van der Waals surface area contributed by atoms with Gasteiger partial charge in [-0.2, -0.15) is 0 Å². The van der Waals surface area contributed by atoms with Crippen LogP contribution in [0.3, 0.4) is 0 Å². The number of aliphatic carboxylic acids is 1. The summed E-state index contributed by atoms with van der Waals surface area (Å²) in [5.41, 5.74) is 0. The minimum Gasteiger partial charge on any atom is -0.480 e. The van der Waals surface area contributed by atoms with Gasteiger partial charge in [-0.05, 0) is 25.2 Å². The van der Waals surface area contributed by atoms with E-state index >= 15 is 0 Å². The Morgan fingerprint density at radius 1 is 1.50 bits per heavy atom. The monoisotopic (exact) mass is 228 g/mol. The number of hydrogen-bond donors (Lipinski definition) is 2. The van der Waals surface area contributed by atoms with E-state index in [-0.39, 0.29) is 6.03 Å². The van der Waals surface area contributed by atoms with Crippen molar-refractivity contribution in [3.05, 3.63) is 0 Å². The van der Waals surface area contributed by atoms with Crippen LogP contribution < -0.4 is 5.32 Å². The molecule has 0 aliphatic heterocycles. The van der Waals surface area contributed by atoms with Gasteiger partial charge in [0.05, 0.1) is 0 Å². The summed E-state index contributed by atoms with van der Waals surface area (Å²) in [6, 6.07) is -1.05. The van der Waals surface area contributed by atoms with Crippen molar-refractivity contribution in [1.29, 1.82) is 0 Å². The second kappa shape index (κ2) is 5.72. The number of carboxylic acids is 1. The molecule has 1 aliphatic rings. The van der Waals surface area contributed by atoms with Crippen molar-refractivity contribution < 1.29 is 14.7 Å². The van der Waals surface area contributed by atoms with E-state index in [1.54, 1.807) is 11.9 Å². The average Bonchev–Trinajstić information content (AvgIpc) is 3.00. The zero-order valence-corrected chi connectivity index (χ0v) is 9.90. The van der Waals surface area contributed by atoms with Gasteiger partial charge < -0.3 is 15.3 Å². The minimum absolute atomic E-state index is 0.284. The Morgan fingerprint density at radius 2 is 2.12 bits per heavy atom. The molecule has 0 aromatic carbocycles. The summed E-state index contributed by atoms with van der Waals surface area (Å²) in [5.74, 6) is -0.347. The maximum absolute atomic E-state index is 11.6. The highest BCUT2D eigenvalue weighted by molar-refractivity contribution is 5.82. The molecule has 0 aromatic heterocycles. The van der Waals surface area contributed by atoms with Gasteiger partial charge >= 0.3 is 12.0 Å². The van der Waals surface area contributed by atoms with E-state index in [2.05, 4.69) is 5.32 Å². The number of urea groups is 1. The van der Waals surface area contributed by atoms with Crippen molar-refractivity contribution in [2.45, 2.75) is 38.6 Å². The van der Waals surface area contributed by atoms with E-state index in [0.717, 1.165) is 13.0 Å². The summed E-state index contributed by atoms with van der Waals surface area (Å²) < 4.78 is 0. The predicted molar refractivity (Wildman–Crippen MR) is 60.2 cm³/mol. The molecule has 1 unspecified atom stereocenters. The first-order valence-electron chi connectivity index (χ1n) is 5.79. The number of carbonyl (C=O) groups excluding carboxylic acids is 1. The third-order valence-corrected chi connectivity index (χ3v) is 2.75. The van der Waals surface area contributed by atoms with Crippen LogP contribution in [0.25, 0.3) is 0 Å². The lowest BCUT2D eigenvalue weighted by Gasteiger charge is -2.21. The van der Waals surface area contributed by atoms with Crippen LogP contribution in [-0.2, 0) is 4.79 Å². The lowest BCUT2D eigenvalue weighted by molar-refractivity contribution is -0.139. The summed E-state index contributed by atoms with van der Waals surface area (Å²) in [6.07, 6.45) is 3.56. The number of nitrogens with zero attached hydrogens (tertiary/aromatic N) is 1. The van der Waals surface area contributed by atoms with Crippen LogP contribution in [0.5, 0.6) is 0 Å². The van der Waals surface area contributed by atoms with Crippen LogP contribution in [0.4, 0.5) is 4.79 Å². The first kappa shape index (κ1) is 12.8. The van der Waals surface area contributed by atoms with E-state index in [1.807, 2.05) is 6.92 Å². The number of nitrogens with one attached hydrogen (secondary N) is 1. The fourth-order valence-corrected chi connectivity index (χ4v) is 1.58. The fraction of sp³-hybridized carbons (Fsp3) is 0.818. The molecule has 0 saturated heterocycles. The Morgan fingerprint density at radius 3 is 2.56 bits per heavy atom. The molecule has 5 nitrogen and oxygen atoms in total. The molecule has 1 saturated carbocycles. The number of hydrogen-bond acceptors (Lipinski definition) is 2. The van der Waals surface area contributed by atoms with Gasteiger partial charge in [0.1, 0.15) is 6.04 Å². The maximum Gasteiger partial charge on any atom is 0.326 e. The first-order valence-corrected chi connectivity index (χ1v) is 5.79. The second-order valence-electron chi connectivity index (χ2n) is 4.45. The van der Waals surface area contributed by atoms with Crippen molar-refractivity contribution in [3.8, 4) is 0 Å². The third-order valence-electron chi connectivity index (χ3n) is 2.75. The Labute approximate surface area is 95.8 Å². The van der Waals surface area contributed by atoms with Gasteiger partial charge in [0.15, 0.2) is 0 Å². The lowest BCUT2D eigenvalue weighted by atomic mass is 10.2. The van der Waals surface area contributed by atoms with Crippen LogP contribution in [0.2, 0.25) is 0 Å². The van der Waals surface area contributed by atoms with Crippen molar-refractivity contribution in [1.82, 2.24) is 10.2 Å². The maximum atomic E-state index is 11.6. The first-order chi connectivity index (χ1) is 7.54. The summed E-state index contributed by atoms with van der Waals surface area (Å²) in [7, 11) is 1.71. The summed E-state index contributed by atoms with van der Waals surface area (Å²) in [4.78, 5) is 24.1. The van der Waals surface area contributed by atoms with Gasteiger partial charge in [0.25, 0.3) is 0 Å². The van der Waals surface area contributed by atoms with Crippen LogP contribution in [0, 0.1) is 5.92 Å². The quantitative estimate of drug-likeness (QED) is 0.719.